The number of fused-ring (bicyclic) bond motifs is 1. The summed E-state index contributed by atoms with van der Waals surface area (Å²) in [6.07, 6.45) is 3.45. The number of rotatable bonds is 4. The molecule has 0 fully saturated rings. The van der Waals surface area contributed by atoms with Crippen LogP contribution in [0.25, 0.3) is 10.8 Å². The average Bonchev–Trinajstić information content (AvgIpc) is 2.53. The molecule has 3 rings (SSSR count). The molecule has 0 aliphatic heterocycles. The van der Waals surface area contributed by atoms with Crippen LogP contribution < -0.4 is 5.56 Å². The van der Waals surface area contributed by atoms with Crippen LogP contribution in [0.2, 0.25) is 5.15 Å². The highest BCUT2D eigenvalue weighted by Gasteiger charge is 2.07. The molecule has 22 heavy (non-hydrogen) atoms. The Bertz CT molecular complexity index is 845. The van der Waals surface area contributed by atoms with E-state index in [0.717, 1.165) is 10.9 Å². The van der Waals surface area contributed by atoms with E-state index in [0.29, 0.717) is 23.8 Å². The van der Waals surface area contributed by atoms with Crippen LogP contribution in [0.1, 0.15) is 5.56 Å². The van der Waals surface area contributed by atoms with Crippen LogP contribution in [0.5, 0.6) is 0 Å². The molecule has 0 unspecified atom stereocenters. The van der Waals surface area contributed by atoms with E-state index in [-0.39, 0.29) is 5.56 Å². The normalized spacial score (nSPS) is 11.2. The van der Waals surface area contributed by atoms with Gasteiger partial charge in [-0.25, -0.2) is 9.67 Å². The van der Waals surface area contributed by atoms with Gasteiger partial charge in [0.15, 0.2) is 0 Å². The molecule has 5 nitrogen and oxygen atoms in total. The van der Waals surface area contributed by atoms with Gasteiger partial charge in [0.05, 0.1) is 18.3 Å². The van der Waals surface area contributed by atoms with Crippen molar-refractivity contribution in [1.29, 1.82) is 0 Å². The predicted molar refractivity (Wildman–Crippen MR) is 86.7 cm³/mol. The Balaban J connectivity index is 1.79. The molecule has 3 aromatic rings. The summed E-state index contributed by atoms with van der Waals surface area (Å²) in [5.74, 6) is 0. The van der Waals surface area contributed by atoms with Gasteiger partial charge in [-0.1, -0.05) is 35.9 Å². The van der Waals surface area contributed by atoms with Crippen molar-refractivity contribution in [1.82, 2.24) is 19.7 Å². The van der Waals surface area contributed by atoms with E-state index < -0.39 is 0 Å². The lowest BCUT2D eigenvalue weighted by Crippen LogP contribution is -2.31. The Morgan fingerprint density at radius 1 is 1.18 bits per heavy atom. The first-order chi connectivity index (χ1) is 10.6. The SMILES string of the molecule is CN(Cc1ccc(Cl)nc1)Cn1ncc2ccccc2c1=O. The molecule has 0 aliphatic carbocycles. The van der Waals surface area contributed by atoms with Crippen molar-refractivity contribution >= 4 is 22.4 Å². The maximum atomic E-state index is 12.4. The second kappa shape index (κ2) is 6.25. The van der Waals surface area contributed by atoms with Gasteiger partial charge in [-0.15, -0.1) is 0 Å². The molecule has 2 heterocycles. The van der Waals surface area contributed by atoms with Gasteiger partial charge in [0.2, 0.25) is 0 Å². The molecular weight excluding hydrogens is 300 g/mol. The summed E-state index contributed by atoms with van der Waals surface area (Å²) in [5.41, 5.74) is 0.944. The van der Waals surface area contributed by atoms with Crippen LogP contribution in [0.4, 0.5) is 0 Å². The fourth-order valence-corrected chi connectivity index (χ4v) is 2.43. The molecule has 0 amide bonds. The summed E-state index contributed by atoms with van der Waals surface area (Å²) in [6, 6.07) is 11.1. The molecule has 6 heteroatoms. The molecule has 1 aromatic carbocycles. The smallest absolute Gasteiger partial charge is 0.275 e. The van der Waals surface area contributed by atoms with Crippen LogP contribution in [0.15, 0.2) is 53.6 Å². The maximum Gasteiger partial charge on any atom is 0.275 e. The molecule has 2 aromatic heterocycles. The Morgan fingerprint density at radius 3 is 2.77 bits per heavy atom. The van der Waals surface area contributed by atoms with E-state index in [1.54, 1.807) is 18.5 Å². The lowest BCUT2D eigenvalue weighted by atomic mass is 10.2. The van der Waals surface area contributed by atoms with Crippen LogP contribution >= 0.6 is 11.6 Å². The molecule has 0 atom stereocenters. The number of pyridine rings is 1. The summed E-state index contributed by atoms with van der Waals surface area (Å²) in [4.78, 5) is 18.5. The summed E-state index contributed by atoms with van der Waals surface area (Å²) in [6.45, 7) is 1.07. The summed E-state index contributed by atoms with van der Waals surface area (Å²) in [5, 5.41) is 6.23. The molecule has 0 radical (unpaired) electrons. The van der Waals surface area contributed by atoms with Crippen molar-refractivity contribution in [3.63, 3.8) is 0 Å². The molecule has 0 saturated heterocycles. The number of nitrogens with zero attached hydrogens (tertiary/aromatic N) is 4. The third-order valence-corrected chi connectivity index (χ3v) is 3.60. The standard InChI is InChI=1S/C16H15ClN4O/c1-20(10-12-6-7-15(17)18-8-12)11-21-16(22)14-5-3-2-4-13(14)9-19-21/h2-9H,10-11H2,1H3. The van der Waals surface area contributed by atoms with Crippen LogP contribution in [0.3, 0.4) is 0 Å². The molecule has 0 spiro atoms. The van der Waals surface area contributed by atoms with Gasteiger partial charge < -0.3 is 0 Å². The second-order valence-electron chi connectivity index (χ2n) is 5.18. The fraction of sp³-hybridized carbons (Fsp3) is 0.188. The highest BCUT2D eigenvalue weighted by Crippen LogP contribution is 2.09. The minimum atomic E-state index is -0.0841. The van der Waals surface area contributed by atoms with Gasteiger partial charge in [0.1, 0.15) is 5.15 Å². The third kappa shape index (κ3) is 3.16. The lowest BCUT2D eigenvalue weighted by molar-refractivity contribution is 0.241. The highest BCUT2D eigenvalue weighted by atomic mass is 35.5. The minimum Gasteiger partial charge on any atom is -0.283 e. The zero-order chi connectivity index (χ0) is 15.5. The predicted octanol–water partition coefficient (Wildman–Crippen LogP) is 2.53. The lowest BCUT2D eigenvalue weighted by Gasteiger charge is -2.17. The maximum absolute atomic E-state index is 12.4. The van der Waals surface area contributed by atoms with Crippen molar-refractivity contribution in [2.75, 3.05) is 7.05 Å². The van der Waals surface area contributed by atoms with Gasteiger partial charge in [0.25, 0.3) is 5.56 Å². The van der Waals surface area contributed by atoms with Gasteiger partial charge >= 0.3 is 0 Å². The monoisotopic (exact) mass is 314 g/mol. The Kier molecular flexibility index (Phi) is 4.18. The Hall–Kier alpha value is -2.24. The van der Waals surface area contributed by atoms with Gasteiger partial charge in [-0.3, -0.25) is 9.69 Å². The average molecular weight is 315 g/mol. The number of halogens is 1. The van der Waals surface area contributed by atoms with E-state index in [1.165, 1.54) is 4.68 Å². The van der Waals surface area contributed by atoms with Gasteiger partial charge in [-0.2, -0.15) is 5.10 Å². The van der Waals surface area contributed by atoms with Crippen LogP contribution in [-0.2, 0) is 13.2 Å². The van der Waals surface area contributed by atoms with Crippen molar-refractivity contribution < 1.29 is 0 Å². The van der Waals surface area contributed by atoms with Crippen LogP contribution in [-0.4, -0.2) is 26.7 Å². The van der Waals surface area contributed by atoms with Crippen molar-refractivity contribution in [3.8, 4) is 0 Å². The largest absolute Gasteiger partial charge is 0.283 e. The molecule has 0 N–H and O–H groups in total. The molecule has 112 valence electrons. The van der Waals surface area contributed by atoms with E-state index in [1.807, 2.05) is 42.3 Å². The topological polar surface area (TPSA) is 51.0 Å². The van der Waals surface area contributed by atoms with E-state index >= 15 is 0 Å². The van der Waals surface area contributed by atoms with E-state index in [9.17, 15) is 4.79 Å². The first kappa shape index (κ1) is 14.7. The fourth-order valence-electron chi connectivity index (χ4n) is 2.32. The van der Waals surface area contributed by atoms with E-state index in [4.69, 9.17) is 11.6 Å². The highest BCUT2D eigenvalue weighted by molar-refractivity contribution is 6.29. The molecular formula is C16H15ClN4O. The summed E-state index contributed by atoms with van der Waals surface area (Å²) in [7, 11) is 1.93. The zero-order valence-electron chi connectivity index (χ0n) is 12.1. The number of hydrogen-bond acceptors (Lipinski definition) is 4. The molecule has 0 bridgehead atoms. The first-order valence-electron chi connectivity index (χ1n) is 6.87. The third-order valence-electron chi connectivity index (χ3n) is 3.38. The Morgan fingerprint density at radius 2 is 2.00 bits per heavy atom. The zero-order valence-corrected chi connectivity index (χ0v) is 12.9. The second-order valence-corrected chi connectivity index (χ2v) is 5.57. The number of aromatic nitrogens is 3. The Labute approximate surface area is 132 Å². The van der Waals surface area contributed by atoms with E-state index in [2.05, 4.69) is 10.1 Å². The van der Waals surface area contributed by atoms with Gasteiger partial charge in [-0.05, 0) is 24.7 Å². The quantitative estimate of drug-likeness (QED) is 0.694. The first-order valence-corrected chi connectivity index (χ1v) is 7.25. The molecule has 0 saturated carbocycles. The summed E-state index contributed by atoms with van der Waals surface area (Å²) < 4.78 is 1.46. The summed E-state index contributed by atoms with van der Waals surface area (Å²) >= 11 is 5.77. The van der Waals surface area contributed by atoms with Crippen molar-refractivity contribution in [2.45, 2.75) is 13.2 Å². The van der Waals surface area contributed by atoms with Gasteiger partial charge in [0, 0.05) is 18.1 Å². The molecule has 0 aliphatic rings. The van der Waals surface area contributed by atoms with Crippen molar-refractivity contribution in [2.24, 2.45) is 0 Å². The number of hydrogen-bond donors (Lipinski definition) is 0. The minimum absolute atomic E-state index is 0.0841. The van der Waals surface area contributed by atoms with Crippen molar-refractivity contribution in [3.05, 3.63) is 69.9 Å². The number of benzene rings is 1. The van der Waals surface area contributed by atoms with Crippen LogP contribution in [0, 0.1) is 0 Å².